The zero-order valence-electron chi connectivity index (χ0n) is 51.5. The second-order valence-corrected chi connectivity index (χ2v) is 27.3. The Morgan fingerprint density at radius 2 is 0.901 bits per heavy atom. The molecule has 0 spiro atoms. The van der Waals surface area contributed by atoms with E-state index in [0.29, 0.717) is 5.56 Å². The van der Waals surface area contributed by atoms with Gasteiger partial charge in [0.25, 0.3) is 0 Å². The molecule has 2 aliphatic heterocycles. The number of aromatic nitrogens is 4. The number of nitriles is 1. The van der Waals surface area contributed by atoms with Gasteiger partial charge in [-0.15, -0.1) is 11.4 Å². The Balaban J connectivity index is 0.989. The number of fused-ring (bicyclic) bond motifs is 13. The van der Waals surface area contributed by atoms with Crippen molar-refractivity contribution in [2.24, 2.45) is 0 Å². The molecule has 0 atom stereocenters. The van der Waals surface area contributed by atoms with Crippen molar-refractivity contribution >= 4 is 88.9 Å². The van der Waals surface area contributed by atoms with Crippen LogP contribution in [0.4, 0.5) is 22.7 Å². The van der Waals surface area contributed by atoms with Crippen molar-refractivity contribution in [2.75, 3.05) is 9.80 Å². The minimum Gasteiger partial charge on any atom is -0.307 e. The molecule has 0 saturated carbocycles. The highest BCUT2D eigenvalue weighted by atomic mass is 32.1. The highest BCUT2D eigenvalue weighted by Crippen LogP contribution is 2.55. The first kappa shape index (κ1) is 54.2. The minimum atomic E-state index is -0.110. The number of para-hydroxylation sites is 2. The lowest BCUT2D eigenvalue weighted by atomic mass is 9.85. The third kappa shape index (κ3) is 8.63. The number of nitrogens with zero attached hydrogens (tertiary/aromatic N) is 7. The van der Waals surface area contributed by atoms with E-state index in [9.17, 15) is 5.26 Å². The monoisotopic (exact) mass is 1190 g/mol. The van der Waals surface area contributed by atoms with Crippen LogP contribution in [-0.2, 0) is 10.8 Å². The van der Waals surface area contributed by atoms with E-state index in [1.54, 1.807) is 0 Å². The molecule has 91 heavy (non-hydrogen) atoms. The summed E-state index contributed by atoms with van der Waals surface area (Å²) >= 11 is 1.11. The molecular weight excluding hydrogens is 1130 g/mol. The molecule has 5 heterocycles. The fourth-order valence-corrected chi connectivity index (χ4v) is 15.4. The van der Waals surface area contributed by atoms with Gasteiger partial charge in [0.1, 0.15) is 6.07 Å². The Kier molecular flexibility index (Phi) is 12.2. The molecule has 3 aromatic heterocycles. The maximum Gasteiger partial charge on any atom is 0.220 e. The van der Waals surface area contributed by atoms with Crippen LogP contribution in [0.15, 0.2) is 272 Å². The van der Waals surface area contributed by atoms with E-state index < -0.39 is 0 Å². The normalized spacial score (nSPS) is 13.0. The van der Waals surface area contributed by atoms with E-state index in [2.05, 4.69) is 338 Å². The maximum atomic E-state index is 12.6. The lowest BCUT2D eigenvalue weighted by molar-refractivity contribution is 0.590. The van der Waals surface area contributed by atoms with Gasteiger partial charge in [-0.3, -0.25) is 18.8 Å². The summed E-state index contributed by atoms with van der Waals surface area (Å²) in [6.07, 6.45) is 0. The van der Waals surface area contributed by atoms with Gasteiger partial charge < -0.3 is 4.57 Å². The summed E-state index contributed by atoms with van der Waals surface area (Å²) in [7, 11) is 0. The van der Waals surface area contributed by atoms with Gasteiger partial charge in [0.05, 0.1) is 61.4 Å². The molecule has 0 bridgehead atoms. The summed E-state index contributed by atoms with van der Waals surface area (Å²) in [4.78, 5) is 11.6. The van der Waals surface area contributed by atoms with Gasteiger partial charge in [-0.25, -0.2) is 4.98 Å². The molecule has 436 valence electrons. The summed E-state index contributed by atoms with van der Waals surface area (Å²) in [6.45, 7) is 13.7. The number of anilines is 4. The fraction of sp³-hybridized carbons (Fsp3) is 0.0964. The summed E-state index contributed by atoms with van der Waals surface area (Å²) < 4.78 is 7.02. The van der Waals surface area contributed by atoms with Gasteiger partial charge in [-0.2, -0.15) is 5.26 Å². The predicted octanol–water partition coefficient (Wildman–Crippen LogP) is 21.5. The minimum absolute atomic E-state index is 0.110. The van der Waals surface area contributed by atoms with Crippen LogP contribution in [0.25, 0.3) is 117 Å². The molecule has 0 saturated heterocycles. The lowest BCUT2D eigenvalue weighted by Crippen LogP contribution is -2.29. The van der Waals surface area contributed by atoms with E-state index in [4.69, 9.17) is 4.98 Å². The summed E-state index contributed by atoms with van der Waals surface area (Å²) in [6, 6.07) is 99.9. The zero-order chi connectivity index (χ0) is 61.4. The number of imidazole rings is 2. The van der Waals surface area contributed by atoms with Crippen molar-refractivity contribution in [3.8, 4) is 73.1 Å². The number of hydrogen-bond acceptors (Lipinski definition) is 4. The van der Waals surface area contributed by atoms with Gasteiger partial charge in [-0.05, 0) is 170 Å². The van der Waals surface area contributed by atoms with Crippen LogP contribution in [-0.4, -0.2) is 23.6 Å². The van der Waals surface area contributed by atoms with Crippen LogP contribution >= 0.6 is 11.4 Å². The van der Waals surface area contributed by atoms with Crippen LogP contribution in [0, 0.1) is 11.3 Å². The average Bonchev–Trinajstić information content (AvgIpc) is 1.62. The summed E-state index contributed by atoms with van der Waals surface area (Å²) in [5.74, 6) is 0.823. The van der Waals surface area contributed by atoms with E-state index >= 15 is 0 Å². The molecule has 0 unspecified atom stereocenters. The Morgan fingerprint density at radius 1 is 0.385 bits per heavy atom. The Morgan fingerprint density at radius 3 is 1.52 bits per heavy atom. The number of benzene rings is 12. The molecule has 0 aliphatic carbocycles. The molecule has 2 aliphatic rings. The first-order valence-electron chi connectivity index (χ1n) is 31.3. The van der Waals surface area contributed by atoms with Crippen molar-refractivity contribution in [3.63, 3.8) is 0 Å². The number of hydrogen-bond donors (Lipinski definition) is 1. The average molecular weight is 1190 g/mol. The van der Waals surface area contributed by atoms with Crippen molar-refractivity contribution in [2.45, 2.75) is 57.3 Å². The van der Waals surface area contributed by atoms with E-state index in [1.807, 2.05) is 0 Å². The van der Waals surface area contributed by atoms with Crippen molar-refractivity contribution < 1.29 is 0 Å². The first-order chi connectivity index (χ1) is 44.4. The SMILES string of the molecule is CC(C)(C)c1ccc2c(c1)c1cc(C(C)(C)C)ccc1n2-c1c(-c2ccc3c(c2)N2C(=[SH]c4ccc(-c5ccccc5)cc42)N3c2ccccc2)cc(-c2ccc3c(c2)n2c4cc(-c5ccccc5)ccc4nc2n3-c2ccccc2)c(-c2ccccc2)c1C#N. The Labute approximate surface area is 533 Å². The Hall–Kier alpha value is -11.0. The highest BCUT2D eigenvalue weighted by Gasteiger charge is 2.39. The third-order valence-electron chi connectivity index (χ3n) is 18.6. The molecule has 0 fully saturated rings. The van der Waals surface area contributed by atoms with Gasteiger partial charge in [0.2, 0.25) is 5.78 Å². The molecule has 8 heteroatoms. The summed E-state index contributed by atoms with van der Waals surface area (Å²) in [5.41, 5.74) is 25.4. The van der Waals surface area contributed by atoms with Crippen molar-refractivity contribution in [1.82, 2.24) is 18.5 Å². The Bertz CT molecular complexity index is 5470. The highest BCUT2D eigenvalue weighted by molar-refractivity contribution is 7.99. The van der Waals surface area contributed by atoms with Crippen LogP contribution < -0.4 is 9.80 Å². The van der Waals surface area contributed by atoms with Gasteiger partial charge >= 0.3 is 0 Å². The van der Waals surface area contributed by atoms with E-state index in [1.165, 1.54) is 21.6 Å². The third-order valence-corrected chi connectivity index (χ3v) is 19.9. The smallest absolute Gasteiger partial charge is 0.220 e. The van der Waals surface area contributed by atoms with Gasteiger partial charge in [0.15, 0.2) is 5.11 Å². The molecule has 17 rings (SSSR count). The standard InChI is InChI=1S/C83H63N7S/c1-82(2,3)59-36-41-69-65(48-59)66-49-60(83(4,5)6)37-42-70(66)88(69)79-64(58-34-40-72-75(47-58)90-76-45-56(53-24-14-8-15-25-53)35-43-77(76)91-81(90)87(72)62-30-20-11-21-31-62)50-63(78(67(79)51-84)54-26-16-9-17-27-54)57-33-39-71-74(46-57)89-73-44-55(52-22-12-7-13-23-52)32-38-68(73)85-80(89)86(71)61-28-18-10-19-29-61/h7-50,91H,1-6H3. The van der Waals surface area contributed by atoms with Gasteiger partial charge in [0, 0.05) is 38.2 Å². The molecule has 0 radical (unpaired) electrons. The van der Waals surface area contributed by atoms with Crippen molar-refractivity contribution in [1.29, 1.82) is 5.26 Å². The van der Waals surface area contributed by atoms with E-state index in [0.717, 1.165) is 150 Å². The first-order valence-corrected chi connectivity index (χ1v) is 32.2. The van der Waals surface area contributed by atoms with Crippen LogP contribution in [0.3, 0.4) is 0 Å². The van der Waals surface area contributed by atoms with Crippen LogP contribution in [0.1, 0.15) is 58.2 Å². The predicted molar refractivity (Wildman–Crippen MR) is 383 cm³/mol. The lowest BCUT2D eigenvalue weighted by Gasteiger charge is -2.24. The molecule has 0 amide bonds. The number of rotatable bonds is 8. The molecule has 0 N–H and O–H groups in total. The molecule has 15 aromatic rings. The van der Waals surface area contributed by atoms with Gasteiger partial charge in [-0.1, -0.05) is 205 Å². The van der Waals surface area contributed by atoms with Crippen LogP contribution in [0.2, 0.25) is 0 Å². The quantitative estimate of drug-likeness (QED) is 0.122. The fourth-order valence-electron chi connectivity index (χ4n) is 14.1. The maximum absolute atomic E-state index is 12.6. The van der Waals surface area contributed by atoms with Crippen LogP contribution in [0.5, 0.6) is 0 Å². The van der Waals surface area contributed by atoms with E-state index in [-0.39, 0.29) is 10.8 Å². The topological polar surface area (TPSA) is 57.4 Å². The molecule has 12 aromatic carbocycles. The largest absolute Gasteiger partial charge is 0.307 e. The zero-order valence-corrected chi connectivity index (χ0v) is 52.4. The molecule has 7 nitrogen and oxygen atoms in total. The molecular formula is C83H63N7S. The summed E-state index contributed by atoms with van der Waals surface area (Å²) in [5, 5.41) is 16.0. The second-order valence-electron chi connectivity index (χ2n) is 26.2. The second kappa shape index (κ2) is 20.5. The number of thiol groups is 1. The van der Waals surface area contributed by atoms with Crippen molar-refractivity contribution in [3.05, 3.63) is 284 Å².